The predicted molar refractivity (Wildman–Crippen MR) is 50.5 cm³/mol. The van der Waals surface area contributed by atoms with E-state index in [1.165, 1.54) is 0 Å². The zero-order chi connectivity index (χ0) is 9.68. The van der Waals surface area contributed by atoms with E-state index in [-0.39, 0.29) is 11.4 Å². The van der Waals surface area contributed by atoms with Crippen LogP contribution in [-0.4, -0.2) is 16.4 Å². The molecule has 1 atom stereocenters. The molecule has 1 heterocycles. The van der Waals surface area contributed by atoms with E-state index >= 15 is 0 Å². The number of nitrogens with zero attached hydrogens (tertiary/aromatic N) is 1. The minimum Gasteiger partial charge on any atom is -0.336 e. The fraction of sp³-hybridized carbons (Fsp3) is 0.333. The van der Waals surface area contributed by atoms with Crippen LogP contribution in [0.15, 0.2) is 18.3 Å². The lowest BCUT2D eigenvalue weighted by Gasteiger charge is -2.08. The van der Waals surface area contributed by atoms with Gasteiger partial charge in [0, 0.05) is 6.20 Å². The van der Waals surface area contributed by atoms with E-state index in [9.17, 15) is 4.79 Å². The first-order chi connectivity index (χ1) is 6.24. The van der Waals surface area contributed by atoms with Crippen LogP contribution in [0.25, 0.3) is 0 Å². The zero-order valence-corrected chi connectivity index (χ0v) is 8.01. The molecule has 1 unspecified atom stereocenters. The summed E-state index contributed by atoms with van der Waals surface area (Å²) in [5.41, 5.74) is 0.0720. The van der Waals surface area contributed by atoms with Crippen molar-refractivity contribution >= 4 is 17.5 Å². The van der Waals surface area contributed by atoms with Crippen LogP contribution in [0, 0.1) is 6.20 Å². The Morgan fingerprint density at radius 1 is 1.85 bits per heavy atom. The topological polar surface area (TPSA) is 42.0 Å². The molecule has 0 aliphatic heterocycles. The lowest BCUT2D eigenvalue weighted by Crippen LogP contribution is -2.30. The first-order valence-electron chi connectivity index (χ1n) is 4.01. The highest BCUT2D eigenvalue weighted by atomic mass is 35.5. The van der Waals surface area contributed by atoms with E-state index < -0.39 is 0 Å². The highest BCUT2D eigenvalue weighted by Crippen LogP contribution is 2.00. The van der Waals surface area contributed by atoms with Crippen LogP contribution in [0.4, 0.5) is 0 Å². The lowest BCUT2D eigenvalue weighted by atomic mass is 10.2. The van der Waals surface area contributed by atoms with Crippen molar-refractivity contribution in [1.82, 2.24) is 10.3 Å². The number of carbonyl (C=O) groups excluding carboxylic acids is 1. The number of hydrogen-bond acceptors (Lipinski definition) is 2. The summed E-state index contributed by atoms with van der Waals surface area (Å²) in [5.74, 6) is -0.241. The fourth-order valence-electron chi connectivity index (χ4n) is 0.775. The minimum atomic E-state index is -0.332. The molecule has 1 amide bonds. The molecule has 13 heavy (non-hydrogen) atoms. The largest absolute Gasteiger partial charge is 0.336 e. The number of aromatic nitrogens is 1. The molecule has 69 valence electrons. The summed E-state index contributed by atoms with van der Waals surface area (Å²) in [7, 11) is 0. The number of hydrogen-bond donors (Lipinski definition) is 1. The maximum Gasteiger partial charge on any atom is 0.254 e. The summed E-state index contributed by atoms with van der Waals surface area (Å²) in [6.07, 6.45) is 4.83. The van der Waals surface area contributed by atoms with Crippen molar-refractivity contribution in [2.75, 3.05) is 0 Å². The number of alkyl halides is 1. The summed E-state index contributed by atoms with van der Waals surface area (Å²) in [6.45, 7) is 1.89. The molecule has 1 aromatic heterocycles. The van der Waals surface area contributed by atoms with Crippen molar-refractivity contribution in [3.05, 3.63) is 30.1 Å². The van der Waals surface area contributed by atoms with Gasteiger partial charge in [0.05, 0.1) is 5.56 Å². The van der Waals surface area contributed by atoms with Gasteiger partial charge < -0.3 is 5.32 Å². The van der Waals surface area contributed by atoms with Crippen LogP contribution in [0.1, 0.15) is 23.7 Å². The van der Waals surface area contributed by atoms with Crippen LogP contribution < -0.4 is 5.32 Å². The molecule has 0 saturated carbocycles. The Morgan fingerprint density at radius 3 is 3.15 bits per heavy atom. The van der Waals surface area contributed by atoms with Crippen molar-refractivity contribution in [3.63, 3.8) is 0 Å². The second-order valence-electron chi connectivity index (χ2n) is 2.51. The van der Waals surface area contributed by atoms with E-state index in [0.29, 0.717) is 12.0 Å². The summed E-state index contributed by atoms with van der Waals surface area (Å²) >= 11 is 5.74. The van der Waals surface area contributed by atoms with Crippen molar-refractivity contribution < 1.29 is 4.79 Å². The monoisotopic (exact) mass is 197 g/mol. The minimum absolute atomic E-state index is 0.241. The predicted octanol–water partition coefficient (Wildman–Crippen LogP) is 1.59. The van der Waals surface area contributed by atoms with Gasteiger partial charge in [-0.15, -0.1) is 0 Å². The van der Waals surface area contributed by atoms with E-state index in [2.05, 4.69) is 16.5 Å². The third-order valence-electron chi connectivity index (χ3n) is 1.50. The van der Waals surface area contributed by atoms with E-state index in [1.54, 1.807) is 18.3 Å². The second-order valence-corrected chi connectivity index (χ2v) is 3.04. The Bertz CT molecular complexity index is 276. The molecular weight excluding hydrogens is 188 g/mol. The van der Waals surface area contributed by atoms with Crippen LogP contribution >= 0.6 is 11.6 Å². The van der Waals surface area contributed by atoms with Crippen LogP contribution in [0.2, 0.25) is 0 Å². The van der Waals surface area contributed by atoms with Gasteiger partial charge in [0.15, 0.2) is 0 Å². The fourth-order valence-corrected chi connectivity index (χ4v) is 0.874. The molecule has 0 spiro atoms. The Hall–Kier alpha value is -1.09. The third kappa shape index (κ3) is 3.03. The number of amides is 1. The Kier molecular flexibility index (Phi) is 3.71. The van der Waals surface area contributed by atoms with E-state index in [1.807, 2.05) is 6.92 Å². The van der Waals surface area contributed by atoms with Crippen molar-refractivity contribution in [1.29, 1.82) is 0 Å². The van der Waals surface area contributed by atoms with Gasteiger partial charge in [-0.3, -0.25) is 9.78 Å². The average Bonchev–Trinajstić information content (AvgIpc) is 2.19. The molecule has 3 nitrogen and oxygen atoms in total. The number of pyridine rings is 1. The number of nitrogens with one attached hydrogen (secondary N) is 1. The first kappa shape index (κ1) is 9.99. The summed E-state index contributed by atoms with van der Waals surface area (Å²) in [4.78, 5) is 15.1. The van der Waals surface area contributed by atoms with Gasteiger partial charge in [-0.25, -0.2) is 0 Å². The van der Waals surface area contributed by atoms with E-state index in [0.717, 1.165) is 0 Å². The molecule has 0 aromatic carbocycles. The first-order valence-corrected chi connectivity index (χ1v) is 4.45. The molecular formula is C9H10ClN2O. The van der Waals surface area contributed by atoms with Gasteiger partial charge >= 0.3 is 0 Å². The maximum atomic E-state index is 11.3. The van der Waals surface area contributed by atoms with E-state index in [4.69, 9.17) is 11.6 Å². The molecule has 1 N–H and O–H groups in total. The van der Waals surface area contributed by atoms with Crippen molar-refractivity contribution in [2.45, 2.75) is 18.8 Å². The quantitative estimate of drug-likeness (QED) is 0.591. The molecule has 0 fully saturated rings. The normalized spacial score (nSPS) is 12.2. The molecule has 1 rings (SSSR count). The highest BCUT2D eigenvalue weighted by Gasteiger charge is 2.08. The highest BCUT2D eigenvalue weighted by molar-refractivity contribution is 6.21. The second kappa shape index (κ2) is 4.82. The molecule has 1 radical (unpaired) electrons. The van der Waals surface area contributed by atoms with Crippen molar-refractivity contribution in [2.24, 2.45) is 0 Å². The van der Waals surface area contributed by atoms with Gasteiger partial charge in [-0.1, -0.05) is 18.5 Å². The number of carbonyl (C=O) groups is 1. The number of rotatable bonds is 3. The van der Waals surface area contributed by atoms with Crippen LogP contribution in [0.3, 0.4) is 0 Å². The molecule has 4 heteroatoms. The Balaban J connectivity index is 2.59. The Labute approximate surface area is 82.1 Å². The van der Waals surface area contributed by atoms with Crippen molar-refractivity contribution in [3.8, 4) is 0 Å². The molecule has 0 aliphatic rings. The standard InChI is InChI=1S/C9H10ClN2O/c1-2-8(10)12-9(13)7-4-3-5-11-6-7/h3-5,8H,2H2,1H3,(H,12,13). The Morgan fingerprint density at radius 2 is 2.62 bits per heavy atom. The molecule has 1 aromatic rings. The lowest BCUT2D eigenvalue weighted by molar-refractivity contribution is 0.0947. The SMILES string of the molecule is CCC(Cl)NC(=O)c1[c]nccc1. The zero-order valence-electron chi connectivity index (χ0n) is 7.25. The molecule has 0 saturated heterocycles. The number of halogens is 1. The van der Waals surface area contributed by atoms with Crippen LogP contribution in [0.5, 0.6) is 0 Å². The molecule has 0 aliphatic carbocycles. The molecule has 0 bridgehead atoms. The van der Waals surface area contributed by atoms with Crippen LogP contribution in [-0.2, 0) is 0 Å². The smallest absolute Gasteiger partial charge is 0.254 e. The maximum absolute atomic E-state index is 11.3. The van der Waals surface area contributed by atoms with Gasteiger partial charge in [-0.05, 0) is 18.6 Å². The third-order valence-corrected chi connectivity index (χ3v) is 1.92. The summed E-state index contributed by atoms with van der Waals surface area (Å²) < 4.78 is 0. The van der Waals surface area contributed by atoms with Gasteiger partial charge in [0.25, 0.3) is 5.91 Å². The van der Waals surface area contributed by atoms with Gasteiger partial charge in [0.1, 0.15) is 11.7 Å². The van der Waals surface area contributed by atoms with Gasteiger partial charge in [0.2, 0.25) is 0 Å². The average molecular weight is 198 g/mol. The summed E-state index contributed by atoms with van der Waals surface area (Å²) in [5, 5.41) is 2.60. The summed E-state index contributed by atoms with van der Waals surface area (Å²) in [6, 6.07) is 3.32. The van der Waals surface area contributed by atoms with Gasteiger partial charge in [-0.2, -0.15) is 0 Å².